The van der Waals surface area contributed by atoms with Gasteiger partial charge in [-0.05, 0) is 12.8 Å². The SMILES string of the molecule is CCCCCCCCCCCCCCCCCCNC(=O)CCCCCCCCCCC. The number of amides is 1. The van der Waals surface area contributed by atoms with Crippen LogP contribution in [-0.2, 0) is 4.79 Å². The highest BCUT2D eigenvalue weighted by atomic mass is 16.1. The minimum atomic E-state index is 0.272. The van der Waals surface area contributed by atoms with Gasteiger partial charge >= 0.3 is 0 Å². The Hall–Kier alpha value is -0.530. The molecule has 0 radical (unpaired) electrons. The quantitative estimate of drug-likeness (QED) is 0.124. The Balaban J connectivity index is 3.12. The van der Waals surface area contributed by atoms with Crippen molar-refractivity contribution in [2.45, 2.75) is 181 Å². The van der Waals surface area contributed by atoms with E-state index in [1.807, 2.05) is 0 Å². The van der Waals surface area contributed by atoms with Crippen LogP contribution in [0.2, 0.25) is 0 Å². The summed E-state index contributed by atoms with van der Waals surface area (Å²) in [5, 5.41) is 3.12. The van der Waals surface area contributed by atoms with Crippen molar-refractivity contribution in [2.75, 3.05) is 6.54 Å². The highest BCUT2D eigenvalue weighted by Gasteiger charge is 2.01. The number of hydrogen-bond acceptors (Lipinski definition) is 1. The Kier molecular flexibility index (Phi) is 28.0. The van der Waals surface area contributed by atoms with E-state index in [0.29, 0.717) is 0 Å². The van der Waals surface area contributed by atoms with E-state index >= 15 is 0 Å². The van der Waals surface area contributed by atoms with Gasteiger partial charge in [-0.15, -0.1) is 0 Å². The smallest absolute Gasteiger partial charge is 0.219 e. The van der Waals surface area contributed by atoms with Crippen LogP contribution in [0.1, 0.15) is 181 Å². The predicted octanol–water partition coefficient (Wildman–Crippen LogP) is 10.3. The lowest BCUT2D eigenvalue weighted by atomic mass is 10.0. The number of carbonyl (C=O) groups is 1. The lowest BCUT2D eigenvalue weighted by Crippen LogP contribution is -2.23. The van der Waals surface area contributed by atoms with Crippen molar-refractivity contribution in [1.29, 1.82) is 0 Å². The summed E-state index contributed by atoms with van der Waals surface area (Å²) in [6, 6.07) is 0. The number of nitrogens with one attached hydrogen (secondary N) is 1. The van der Waals surface area contributed by atoms with Crippen LogP contribution in [0.4, 0.5) is 0 Å². The summed E-state index contributed by atoms with van der Waals surface area (Å²) in [4.78, 5) is 11.9. The van der Waals surface area contributed by atoms with Crippen molar-refractivity contribution in [3.8, 4) is 0 Å². The Morgan fingerprint density at radius 2 is 0.688 bits per heavy atom. The van der Waals surface area contributed by atoms with Gasteiger partial charge in [0, 0.05) is 13.0 Å². The number of hydrogen-bond donors (Lipinski definition) is 1. The molecule has 0 spiro atoms. The molecule has 0 aliphatic heterocycles. The summed E-state index contributed by atoms with van der Waals surface area (Å²) in [5.41, 5.74) is 0. The summed E-state index contributed by atoms with van der Waals surface area (Å²) < 4.78 is 0. The van der Waals surface area contributed by atoms with Gasteiger partial charge in [0.05, 0.1) is 0 Å². The van der Waals surface area contributed by atoms with Crippen molar-refractivity contribution in [3.63, 3.8) is 0 Å². The van der Waals surface area contributed by atoms with Crippen LogP contribution in [0.3, 0.4) is 0 Å². The van der Waals surface area contributed by atoms with Crippen molar-refractivity contribution >= 4 is 5.91 Å². The molecular weight excluding hydrogens is 390 g/mol. The van der Waals surface area contributed by atoms with Crippen LogP contribution >= 0.6 is 0 Å². The minimum Gasteiger partial charge on any atom is -0.356 e. The first-order chi connectivity index (χ1) is 15.8. The molecule has 1 N–H and O–H groups in total. The van der Waals surface area contributed by atoms with E-state index in [2.05, 4.69) is 19.2 Å². The van der Waals surface area contributed by atoms with E-state index in [1.54, 1.807) is 0 Å². The third-order valence-corrected chi connectivity index (χ3v) is 6.86. The Bertz CT molecular complexity index is 355. The van der Waals surface area contributed by atoms with Gasteiger partial charge in [-0.1, -0.05) is 162 Å². The van der Waals surface area contributed by atoms with Crippen LogP contribution < -0.4 is 5.32 Å². The van der Waals surface area contributed by atoms with Gasteiger partial charge in [0.2, 0.25) is 5.91 Å². The largest absolute Gasteiger partial charge is 0.356 e. The van der Waals surface area contributed by atoms with Crippen LogP contribution in [0.25, 0.3) is 0 Å². The third-order valence-electron chi connectivity index (χ3n) is 6.86. The van der Waals surface area contributed by atoms with Gasteiger partial charge in [0.15, 0.2) is 0 Å². The molecule has 0 saturated carbocycles. The van der Waals surface area contributed by atoms with Crippen molar-refractivity contribution in [2.24, 2.45) is 0 Å². The Morgan fingerprint density at radius 1 is 0.406 bits per heavy atom. The molecule has 0 saturated heterocycles. The first-order valence-corrected chi connectivity index (χ1v) is 15.1. The highest BCUT2D eigenvalue weighted by molar-refractivity contribution is 5.75. The molecule has 0 aliphatic rings. The zero-order valence-electron chi connectivity index (χ0n) is 22.5. The number of rotatable bonds is 27. The van der Waals surface area contributed by atoms with Gasteiger partial charge in [-0.3, -0.25) is 4.79 Å². The number of carbonyl (C=O) groups excluding carboxylic acids is 1. The van der Waals surface area contributed by atoms with Crippen molar-refractivity contribution in [3.05, 3.63) is 0 Å². The summed E-state index contributed by atoms with van der Waals surface area (Å²) in [5.74, 6) is 0.272. The normalized spacial score (nSPS) is 11.2. The fourth-order valence-corrected chi connectivity index (χ4v) is 4.59. The standard InChI is InChI=1S/C30H61NO/c1-3-5-7-9-11-13-14-15-16-17-18-19-21-23-25-27-29-31-30(32)28-26-24-22-20-12-10-8-6-4-2/h3-29H2,1-2H3,(H,31,32). The lowest BCUT2D eigenvalue weighted by molar-refractivity contribution is -0.121. The fourth-order valence-electron chi connectivity index (χ4n) is 4.59. The van der Waals surface area contributed by atoms with Gasteiger partial charge in [-0.2, -0.15) is 0 Å². The molecule has 0 atom stereocenters. The zero-order chi connectivity index (χ0) is 23.4. The van der Waals surface area contributed by atoms with E-state index in [0.717, 1.165) is 25.8 Å². The molecule has 0 bridgehead atoms. The summed E-state index contributed by atoms with van der Waals surface area (Å²) >= 11 is 0. The summed E-state index contributed by atoms with van der Waals surface area (Å²) in [6.07, 6.45) is 34.9. The molecule has 0 aromatic rings. The molecule has 192 valence electrons. The molecule has 2 nitrogen and oxygen atoms in total. The van der Waals surface area contributed by atoms with Crippen LogP contribution in [-0.4, -0.2) is 12.5 Å². The Labute approximate surface area is 203 Å². The third kappa shape index (κ3) is 27.5. The maximum Gasteiger partial charge on any atom is 0.219 e. The molecule has 0 aromatic carbocycles. The average Bonchev–Trinajstić information content (AvgIpc) is 2.80. The van der Waals surface area contributed by atoms with E-state index in [-0.39, 0.29) is 5.91 Å². The van der Waals surface area contributed by atoms with Gasteiger partial charge in [0.25, 0.3) is 0 Å². The molecule has 1 amide bonds. The second-order valence-electron chi connectivity index (χ2n) is 10.2. The monoisotopic (exact) mass is 451 g/mol. The van der Waals surface area contributed by atoms with E-state index in [4.69, 9.17) is 0 Å². The highest BCUT2D eigenvalue weighted by Crippen LogP contribution is 2.14. The molecule has 0 aromatic heterocycles. The molecule has 0 unspecified atom stereocenters. The molecule has 0 aliphatic carbocycles. The summed E-state index contributed by atoms with van der Waals surface area (Å²) in [6.45, 7) is 5.44. The van der Waals surface area contributed by atoms with E-state index in [9.17, 15) is 4.79 Å². The average molecular weight is 452 g/mol. The molecular formula is C30H61NO. The van der Waals surface area contributed by atoms with Crippen LogP contribution in [0.15, 0.2) is 0 Å². The molecule has 32 heavy (non-hydrogen) atoms. The van der Waals surface area contributed by atoms with E-state index < -0.39 is 0 Å². The van der Waals surface area contributed by atoms with Crippen molar-refractivity contribution in [1.82, 2.24) is 5.32 Å². The molecule has 0 fully saturated rings. The molecule has 0 heterocycles. The molecule has 0 rings (SSSR count). The molecule has 2 heteroatoms. The first-order valence-electron chi connectivity index (χ1n) is 15.1. The second-order valence-corrected chi connectivity index (χ2v) is 10.2. The number of unbranched alkanes of at least 4 members (excludes halogenated alkanes) is 23. The maximum absolute atomic E-state index is 11.9. The lowest BCUT2D eigenvalue weighted by Gasteiger charge is -2.06. The predicted molar refractivity (Wildman–Crippen MR) is 144 cm³/mol. The Morgan fingerprint density at radius 3 is 1.03 bits per heavy atom. The van der Waals surface area contributed by atoms with Gasteiger partial charge in [0.1, 0.15) is 0 Å². The first kappa shape index (κ1) is 31.5. The zero-order valence-corrected chi connectivity index (χ0v) is 22.5. The summed E-state index contributed by atoms with van der Waals surface area (Å²) in [7, 11) is 0. The van der Waals surface area contributed by atoms with Gasteiger partial charge < -0.3 is 5.32 Å². The van der Waals surface area contributed by atoms with E-state index in [1.165, 1.54) is 148 Å². The van der Waals surface area contributed by atoms with Crippen LogP contribution in [0, 0.1) is 0 Å². The van der Waals surface area contributed by atoms with Crippen molar-refractivity contribution < 1.29 is 4.79 Å². The second kappa shape index (κ2) is 28.5. The fraction of sp³-hybridized carbons (Fsp3) is 0.967. The topological polar surface area (TPSA) is 29.1 Å². The van der Waals surface area contributed by atoms with Crippen LogP contribution in [0.5, 0.6) is 0 Å². The minimum absolute atomic E-state index is 0.272. The maximum atomic E-state index is 11.9. The van der Waals surface area contributed by atoms with Gasteiger partial charge in [-0.25, -0.2) is 0 Å².